The van der Waals surface area contributed by atoms with Gasteiger partial charge in [-0.05, 0) is 39.6 Å². The maximum Gasteiger partial charge on any atom is 0.227 e. The third kappa shape index (κ3) is 3.43. The van der Waals surface area contributed by atoms with Crippen molar-refractivity contribution >= 4 is 54.3 Å². The number of halogens is 2. The van der Waals surface area contributed by atoms with E-state index in [1.54, 1.807) is 0 Å². The second-order valence-electron chi connectivity index (χ2n) is 4.33. The predicted molar refractivity (Wildman–Crippen MR) is 86.4 cm³/mol. The SMILES string of the molecule is CC(C)C(=O)Nc1snc(-c2ccc(Br)cc2)c1Br. The highest BCUT2D eigenvalue weighted by Crippen LogP contribution is 2.37. The molecule has 0 aliphatic rings. The first kappa shape index (κ1) is 14.7. The van der Waals surface area contributed by atoms with Crippen molar-refractivity contribution in [3.05, 3.63) is 33.2 Å². The molecule has 1 aromatic carbocycles. The Hall–Kier alpha value is -0.720. The van der Waals surface area contributed by atoms with E-state index in [0.29, 0.717) is 0 Å². The number of anilines is 1. The van der Waals surface area contributed by atoms with Crippen molar-refractivity contribution in [1.82, 2.24) is 4.37 Å². The van der Waals surface area contributed by atoms with Crippen molar-refractivity contribution in [3.63, 3.8) is 0 Å². The Morgan fingerprint density at radius 3 is 2.47 bits per heavy atom. The van der Waals surface area contributed by atoms with Crippen molar-refractivity contribution in [2.75, 3.05) is 5.32 Å². The monoisotopic (exact) mass is 402 g/mol. The molecule has 2 aromatic rings. The van der Waals surface area contributed by atoms with Crippen molar-refractivity contribution in [2.45, 2.75) is 13.8 Å². The van der Waals surface area contributed by atoms with Gasteiger partial charge in [-0.15, -0.1) is 0 Å². The van der Waals surface area contributed by atoms with Gasteiger partial charge in [0.1, 0.15) is 10.7 Å². The summed E-state index contributed by atoms with van der Waals surface area (Å²) in [6.45, 7) is 3.72. The molecule has 1 N–H and O–H groups in total. The highest BCUT2D eigenvalue weighted by molar-refractivity contribution is 9.11. The molecule has 100 valence electrons. The van der Waals surface area contributed by atoms with Gasteiger partial charge in [-0.2, -0.15) is 4.37 Å². The van der Waals surface area contributed by atoms with Gasteiger partial charge in [0, 0.05) is 16.0 Å². The first-order chi connectivity index (χ1) is 8.99. The molecule has 1 heterocycles. The Bertz CT molecular complexity index is 593. The Kier molecular flexibility index (Phi) is 4.76. The fraction of sp³-hybridized carbons (Fsp3) is 0.231. The summed E-state index contributed by atoms with van der Waals surface area (Å²) >= 11 is 8.19. The fourth-order valence-electron chi connectivity index (χ4n) is 1.40. The van der Waals surface area contributed by atoms with E-state index in [4.69, 9.17) is 0 Å². The van der Waals surface area contributed by atoms with E-state index in [-0.39, 0.29) is 11.8 Å². The van der Waals surface area contributed by atoms with Crippen LogP contribution >= 0.6 is 43.4 Å². The third-order valence-corrected chi connectivity index (χ3v) is 4.84. The van der Waals surface area contributed by atoms with Gasteiger partial charge in [-0.3, -0.25) is 4.79 Å². The Labute approximate surface area is 132 Å². The molecule has 1 amide bonds. The number of aromatic nitrogens is 1. The number of benzene rings is 1. The van der Waals surface area contributed by atoms with Gasteiger partial charge in [-0.25, -0.2) is 0 Å². The summed E-state index contributed by atoms with van der Waals surface area (Å²) in [5.74, 6) is -0.0585. The number of rotatable bonds is 3. The second-order valence-corrected chi connectivity index (χ2v) is 6.81. The lowest BCUT2D eigenvalue weighted by Gasteiger charge is -2.05. The maximum atomic E-state index is 11.7. The smallest absolute Gasteiger partial charge is 0.227 e. The molecule has 0 spiro atoms. The summed E-state index contributed by atoms with van der Waals surface area (Å²) in [6.07, 6.45) is 0. The molecule has 0 unspecified atom stereocenters. The van der Waals surface area contributed by atoms with Crippen LogP contribution < -0.4 is 5.32 Å². The Morgan fingerprint density at radius 2 is 1.89 bits per heavy atom. The van der Waals surface area contributed by atoms with Gasteiger partial charge in [0.2, 0.25) is 5.91 Å². The molecular weight excluding hydrogens is 392 g/mol. The second kappa shape index (κ2) is 6.15. The summed E-state index contributed by atoms with van der Waals surface area (Å²) in [7, 11) is 0. The van der Waals surface area contributed by atoms with E-state index >= 15 is 0 Å². The summed E-state index contributed by atoms with van der Waals surface area (Å²) < 4.78 is 6.24. The van der Waals surface area contributed by atoms with E-state index in [1.807, 2.05) is 38.1 Å². The molecule has 6 heteroatoms. The summed E-state index contributed by atoms with van der Waals surface area (Å²) in [5.41, 5.74) is 1.85. The maximum absolute atomic E-state index is 11.7. The molecule has 0 saturated carbocycles. The van der Waals surface area contributed by atoms with Gasteiger partial charge in [0.25, 0.3) is 0 Å². The highest BCUT2D eigenvalue weighted by atomic mass is 79.9. The van der Waals surface area contributed by atoms with Crippen LogP contribution in [0.3, 0.4) is 0 Å². The van der Waals surface area contributed by atoms with Gasteiger partial charge < -0.3 is 5.32 Å². The zero-order chi connectivity index (χ0) is 14.0. The van der Waals surface area contributed by atoms with Crippen LogP contribution in [0.15, 0.2) is 33.2 Å². The number of carbonyl (C=O) groups is 1. The van der Waals surface area contributed by atoms with Crippen LogP contribution in [0.1, 0.15) is 13.8 Å². The first-order valence-corrected chi connectivity index (χ1v) is 8.07. The van der Waals surface area contributed by atoms with Crippen LogP contribution in [0.5, 0.6) is 0 Å². The lowest BCUT2D eigenvalue weighted by Crippen LogP contribution is -2.17. The van der Waals surface area contributed by atoms with E-state index in [1.165, 1.54) is 11.5 Å². The van der Waals surface area contributed by atoms with E-state index in [9.17, 15) is 4.79 Å². The molecule has 1 aromatic heterocycles. The summed E-state index contributed by atoms with van der Waals surface area (Å²) in [4.78, 5) is 11.7. The van der Waals surface area contributed by atoms with Crippen LogP contribution in [-0.4, -0.2) is 10.3 Å². The van der Waals surface area contributed by atoms with Crippen molar-refractivity contribution in [3.8, 4) is 11.3 Å². The van der Waals surface area contributed by atoms with Crippen molar-refractivity contribution < 1.29 is 4.79 Å². The lowest BCUT2D eigenvalue weighted by atomic mass is 10.1. The molecule has 0 bridgehead atoms. The first-order valence-electron chi connectivity index (χ1n) is 5.71. The van der Waals surface area contributed by atoms with E-state index in [0.717, 1.165) is 25.2 Å². The standard InChI is InChI=1S/C13H12Br2N2OS/c1-7(2)12(18)16-13-10(15)11(17-19-13)8-3-5-9(14)6-4-8/h3-7H,1-2H3,(H,16,18). The molecule has 0 fully saturated rings. The van der Waals surface area contributed by atoms with E-state index < -0.39 is 0 Å². The molecule has 0 saturated heterocycles. The lowest BCUT2D eigenvalue weighted by molar-refractivity contribution is -0.118. The number of carbonyl (C=O) groups excluding carboxylic acids is 1. The quantitative estimate of drug-likeness (QED) is 0.789. The number of nitrogens with zero attached hydrogens (tertiary/aromatic N) is 1. The molecule has 2 rings (SSSR count). The highest BCUT2D eigenvalue weighted by Gasteiger charge is 2.16. The predicted octanol–water partition coefficient (Wildman–Crippen LogP) is 4.93. The number of nitrogens with one attached hydrogen (secondary N) is 1. The molecule has 0 aliphatic heterocycles. The number of amides is 1. The Balaban J connectivity index is 2.28. The van der Waals surface area contributed by atoms with E-state index in [2.05, 4.69) is 41.6 Å². The fourth-order valence-corrected chi connectivity index (χ4v) is 3.12. The van der Waals surface area contributed by atoms with Crippen LogP contribution in [0.25, 0.3) is 11.3 Å². The minimum absolute atomic E-state index is 0.00768. The van der Waals surface area contributed by atoms with Gasteiger partial charge in [-0.1, -0.05) is 41.9 Å². The van der Waals surface area contributed by atoms with Crippen LogP contribution in [-0.2, 0) is 4.79 Å². The summed E-state index contributed by atoms with van der Waals surface area (Å²) in [5, 5.41) is 3.62. The summed E-state index contributed by atoms with van der Waals surface area (Å²) in [6, 6.07) is 7.90. The topological polar surface area (TPSA) is 42.0 Å². The van der Waals surface area contributed by atoms with Gasteiger partial charge in [0.05, 0.1) is 4.47 Å². The molecule has 19 heavy (non-hydrogen) atoms. The zero-order valence-corrected chi connectivity index (χ0v) is 14.4. The van der Waals surface area contributed by atoms with Gasteiger partial charge >= 0.3 is 0 Å². The van der Waals surface area contributed by atoms with Crippen LogP contribution in [0.4, 0.5) is 5.00 Å². The van der Waals surface area contributed by atoms with Crippen molar-refractivity contribution in [2.24, 2.45) is 5.92 Å². The third-order valence-electron chi connectivity index (χ3n) is 2.51. The largest absolute Gasteiger partial charge is 0.315 e. The van der Waals surface area contributed by atoms with Crippen LogP contribution in [0, 0.1) is 5.92 Å². The molecule has 0 atom stereocenters. The van der Waals surface area contributed by atoms with Crippen molar-refractivity contribution in [1.29, 1.82) is 0 Å². The zero-order valence-electron chi connectivity index (χ0n) is 10.4. The number of hydrogen-bond donors (Lipinski definition) is 1. The molecule has 0 radical (unpaired) electrons. The Morgan fingerprint density at radius 1 is 1.26 bits per heavy atom. The molecular formula is C13H12Br2N2OS. The normalized spacial score (nSPS) is 10.8. The molecule has 3 nitrogen and oxygen atoms in total. The minimum atomic E-state index is -0.0508. The average molecular weight is 404 g/mol. The minimum Gasteiger partial charge on any atom is -0.315 e. The van der Waals surface area contributed by atoms with Crippen LogP contribution in [0.2, 0.25) is 0 Å². The average Bonchev–Trinajstić information content (AvgIpc) is 2.72. The van der Waals surface area contributed by atoms with Gasteiger partial charge in [0.15, 0.2) is 0 Å². The number of hydrogen-bond acceptors (Lipinski definition) is 3. The molecule has 0 aliphatic carbocycles.